The zero-order chi connectivity index (χ0) is 32.0. The Morgan fingerprint density at radius 3 is 2.61 bits per heavy atom. The fourth-order valence-corrected chi connectivity index (χ4v) is 6.62. The van der Waals surface area contributed by atoms with E-state index in [0.29, 0.717) is 37.5 Å². The summed E-state index contributed by atoms with van der Waals surface area (Å²) in [5.41, 5.74) is 0.252. The van der Waals surface area contributed by atoms with Crippen molar-refractivity contribution in [1.29, 1.82) is 0 Å². The van der Waals surface area contributed by atoms with Crippen molar-refractivity contribution in [3.05, 3.63) is 35.9 Å². The molecule has 1 aromatic heterocycles. The van der Waals surface area contributed by atoms with E-state index in [4.69, 9.17) is 9.47 Å². The first-order valence-corrected chi connectivity index (χ1v) is 15.8. The second kappa shape index (κ2) is 14.9. The van der Waals surface area contributed by atoms with E-state index in [0.717, 1.165) is 45.6 Å². The Labute approximate surface area is 261 Å². The second-order valence-corrected chi connectivity index (χ2v) is 13.0. The summed E-state index contributed by atoms with van der Waals surface area (Å²) in [6.07, 6.45) is 2.73. The number of anilines is 1. The molecule has 0 bridgehead atoms. The van der Waals surface area contributed by atoms with Crippen LogP contribution in [0.2, 0.25) is 0 Å². The first kappa shape index (κ1) is 34.0. The number of likely N-dealkylation sites (tertiary alicyclic amines) is 1. The van der Waals surface area contributed by atoms with Gasteiger partial charge in [0.1, 0.15) is 17.9 Å². The van der Waals surface area contributed by atoms with E-state index in [-0.39, 0.29) is 34.6 Å². The lowest BCUT2D eigenvalue weighted by atomic mass is 9.76. The molecule has 2 aliphatic heterocycles. The third kappa shape index (κ3) is 8.01. The van der Waals surface area contributed by atoms with E-state index in [1.807, 2.05) is 27.8 Å². The van der Waals surface area contributed by atoms with Crippen LogP contribution in [0, 0.1) is 17.2 Å². The number of halogens is 1. The Balaban J connectivity index is 1.43. The van der Waals surface area contributed by atoms with Gasteiger partial charge in [-0.3, -0.25) is 9.69 Å². The van der Waals surface area contributed by atoms with Crippen molar-refractivity contribution in [3.8, 4) is 11.6 Å². The Kier molecular flexibility index (Phi) is 11.5. The SMILES string of the molecule is CCN(C(=O)c1cc(F)ccc1Oc1nncnc1N1CCC2(C1)CN(C(C[C@H](O)CN(C)CCOC)C(C)C)C2)C(C)C. The van der Waals surface area contributed by atoms with Crippen molar-refractivity contribution < 1.29 is 23.8 Å². The first-order chi connectivity index (χ1) is 21.0. The molecule has 1 aromatic carbocycles. The molecule has 3 heterocycles. The van der Waals surface area contributed by atoms with Gasteiger partial charge >= 0.3 is 0 Å². The minimum Gasteiger partial charge on any atom is -0.434 e. The van der Waals surface area contributed by atoms with Crippen LogP contribution in [0.4, 0.5) is 10.2 Å². The molecule has 0 radical (unpaired) electrons. The van der Waals surface area contributed by atoms with Crippen LogP contribution in [0.15, 0.2) is 24.5 Å². The summed E-state index contributed by atoms with van der Waals surface area (Å²) in [6.45, 7) is 16.2. The lowest BCUT2D eigenvalue weighted by Gasteiger charge is -2.53. The molecular formula is C32H50FN7O4. The minimum atomic E-state index is -0.514. The van der Waals surface area contributed by atoms with Gasteiger partial charge in [0.05, 0.1) is 18.3 Å². The zero-order valence-corrected chi connectivity index (χ0v) is 27.4. The number of amides is 1. The van der Waals surface area contributed by atoms with Gasteiger partial charge in [0, 0.05) is 70.4 Å². The number of likely N-dealkylation sites (N-methyl/N-ethyl adjacent to an activating group) is 1. The quantitative estimate of drug-likeness (QED) is 0.320. The van der Waals surface area contributed by atoms with Gasteiger partial charge in [-0.2, -0.15) is 0 Å². The van der Waals surface area contributed by atoms with E-state index < -0.39 is 11.9 Å². The summed E-state index contributed by atoms with van der Waals surface area (Å²) in [5.74, 6) is 0.561. The van der Waals surface area contributed by atoms with E-state index in [2.05, 4.69) is 43.7 Å². The van der Waals surface area contributed by atoms with Crippen molar-refractivity contribution in [2.45, 2.75) is 65.6 Å². The number of aliphatic hydroxyl groups excluding tert-OH is 1. The summed E-state index contributed by atoms with van der Waals surface area (Å²) in [5, 5.41) is 19.0. The third-order valence-electron chi connectivity index (χ3n) is 8.94. The van der Waals surface area contributed by atoms with Gasteiger partial charge in [0.15, 0.2) is 5.82 Å². The van der Waals surface area contributed by atoms with Crippen LogP contribution in [-0.2, 0) is 4.74 Å². The van der Waals surface area contributed by atoms with Crippen molar-refractivity contribution in [1.82, 2.24) is 29.9 Å². The molecule has 2 aromatic rings. The van der Waals surface area contributed by atoms with Crippen LogP contribution >= 0.6 is 0 Å². The summed E-state index contributed by atoms with van der Waals surface area (Å²) in [6, 6.07) is 4.18. The number of benzene rings is 1. The van der Waals surface area contributed by atoms with Crippen molar-refractivity contribution >= 4 is 11.7 Å². The molecule has 12 heteroatoms. The van der Waals surface area contributed by atoms with Crippen LogP contribution in [0.3, 0.4) is 0 Å². The van der Waals surface area contributed by atoms with Gasteiger partial charge in [-0.05, 0) is 64.8 Å². The Morgan fingerprint density at radius 1 is 1.20 bits per heavy atom. The predicted molar refractivity (Wildman–Crippen MR) is 168 cm³/mol. The second-order valence-electron chi connectivity index (χ2n) is 13.0. The molecule has 2 atom stereocenters. The predicted octanol–water partition coefficient (Wildman–Crippen LogP) is 3.54. The van der Waals surface area contributed by atoms with Gasteiger partial charge < -0.3 is 29.3 Å². The van der Waals surface area contributed by atoms with Gasteiger partial charge in [0.25, 0.3) is 11.8 Å². The average molecular weight is 616 g/mol. The molecule has 0 saturated carbocycles. The van der Waals surface area contributed by atoms with Crippen LogP contribution in [-0.4, -0.2) is 126 Å². The Bertz CT molecular complexity index is 1240. The highest BCUT2D eigenvalue weighted by Gasteiger charge is 2.50. The van der Waals surface area contributed by atoms with Crippen LogP contribution < -0.4 is 9.64 Å². The van der Waals surface area contributed by atoms with Gasteiger partial charge in [-0.25, -0.2) is 9.37 Å². The maximum Gasteiger partial charge on any atom is 0.282 e. The number of carbonyl (C=O) groups is 1. The number of methoxy groups -OCH3 is 1. The lowest BCUT2D eigenvalue weighted by molar-refractivity contribution is -0.0484. The molecule has 0 aliphatic carbocycles. The fraction of sp³-hybridized carbons (Fsp3) is 0.688. The van der Waals surface area contributed by atoms with E-state index in [9.17, 15) is 14.3 Å². The number of carbonyl (C=O) groups excluding carboxylic acids is 1. The lowest BCUT2D eigenvalue weighted by Crippen LogP contribution is -2.62. The smallest absolute Gasteiger partial charge is 0.282 e. The van der Waals surface area contributed by atoms with Gasteiger partial charge in [0.2, 0.25) is 0 Å². The highest BCUT2D eigenvalue weighted by molar-refractivity contribution is 5.97. The topological polar surface area (TPSA) is 107 Å². The molecule has 44 heavy (non-hydrogen) atoms. The zero-order valence-electron chi connectivity index (χ0n) is 27.4. The van der Waals surface area contributed by atoms with Crippen LogP contribution in [0.25, 0.3) is 0 Å². The van der Waals surface area contributed by atoms with Crippen molar-refractivity contribution in [2.75, 3.05) is 71.5 Å². The maximum atomic E-state index is 14.3. The van der Waals surface area contributed by atoms with Crippen molar-refractivity contribution in [3.63, 3.8) is 0 Å². The number of rotatable bonds is 15. The normalized spacial score (nSPS) is 17.9. The standard InChI is InChI=1S/C32H50FN7O4/c1-8-40(23(4)5)31(42)26-15-24(33)9-10-28(26)44-30-29(34-21-35-36-30)38-12-11-32(18-38)19-39(20-32)27(22(2)3)16-25(41)17-37(6)13-14-43-7/h9-10,15,21-23,25,27,41H,8,11-14,16-20H2,1-7H3/t25-,27?/m0/s1. The number of hydrogen-bond acceptors (Lipinski definition) is 10. The monoisotopic (exact) mass is 615 g/mol. The van der Waals surface area contributed by atoms with E-state index >= 15 is 0 Å². The molecule has 1 amide bonds. The third-order valence-corrected chi connectivity index (χ3v) is 8.94. The maximum absolute atomic E-state index is 14.3. The van der Waals surface area contributed by atoms with Gasteiger partial charge in [-0.15, -0.1) is 10.2 Å². The molecule has 1 unspecified atom stereocenters. The van der Waals surface area contributed by atoms with Gasteiger partial charge in [-0.1, -0.05) is 13.8 Å². The van der Waals surface area contributed by atoms with Crippen LogP contribution in [0.1, 0.15) is 57.8 Å². The largest absolute Gasteiger partial charge is 0.434 e. The number of aliphatic hydroxyl groups is 1. The Morgan fingerprint density at radius 2 is 1.95 bits per heavy atom. The highest BCUT2D eigenvalue weighted by atomic mass is 19.1. The molecule has 1 N–H and O–H groups in total. The number of nitrogens with zero attached hydrogens (tertiary/aromatic N) is 7. The molecule has 2 aliphatic rings. The summed E-state index contributed by atoms with van der Waals surface area (Å²) >= 11 is 0. The molecule has 1 spiro atoms. The fourth-order valence-electron chi connectivity index (χ4n) is 6.62. The first-order valence-electron chi connectivity index (χ1n) is 15.8. The summed E-state index contributed by atoms with van der Waals surface area (Å²) in [4.78, 5) is 26.3. The summed E-state index contributed by atoms with van der Waals surface area (Å²) in [7, 11) is 3.70. The van der Waals surface area contributed by atoms with E-state index in [1.54, 1.807) is 12.0 Å². The number of aromatic nitrogens is 3. The van der Waals surface area contributed by atoms with Crippen molar-refractivity contribution in [2.24, 2.45) is 11.3 Å². The molecule has 4 rings (SSSR count). The highest BCUT2D eigenvalue weighted by Crippen LogP contribution is 2.44. The average Bonchev–Trinajstić information content (AvgIpc) is 3.41. The number of hydrogen-bond donors (Lipinski definition) is 1. The molecule has 2 fully saturated rings. The molecular weight excluding hydrogens is 565 g/mol. The molecule has 11 nitrogen and oxygen atoms in total. The number of ether oxygens (including phenoxy) is 2. The summed E-state index contributed by atoms with van der Waals surface area (Å²) < 4.78 is 25.6. The van der Waals surface area contributed by atoms with Crippen LogP contribution in [0.5, 0.6) is 11.6 Å². The molecule has 244 valence electrons. The minimum absolute atomic E-state index is 0.0546. The van der Waals surface area contributed by atoms with E-state index in [1.165, 1.54) is 24.5 Å². The Hall–Kier alpha value is -2.93. The molecule has 2 saturated heterocycles.